The molecule has 1 N–H and O–H groups in total. The minimum Gasteiger partial charge on any atom is -0.493 e. The van der Waals surface area contributed by atoms with E-state index in [9.17, 15) is 5.11 Å². The Hall–Kier alpha value is -2.00. The van der Waals surface area contributed by atoms with Gasteiger partial charge in [-0.3, -0.25) is 0 Å². The zero-order valence-electron chi connectivity index (χ0n) is 12.2. The van der Waals surface area contributed by atoms with Gasteiger partial charge in [-0.25, -0.2) is 0 Å². The summed E-state index contributed by atoms with van der Waals surface area (Å²) in [5, 5.41) is 10.8. The monoisotopic (exact) mass is 284 g/mol. The molecule has 0 saturated carbocycles. The number of ether oxygens (including phenoxy) is 2. The summed E-state index contributed by atoms with van der Waals surface area (Å²) in [6, 6.07) is 13.6. The standard InChI is InChI=1S/C18H20O3/c1-2-20-16-11-4-3-9-14(16)17(19)15-10-5-7-13-8-6-12-21-18(13)15/h3-5,7,9-11,17,19H,2,6,8,12H2,1H3. The van der Waals surface area contributed by atoms with Crippen LogP contribution in [0.25, 0.3) is 0 Å². The Morgan fingerprint density at radius 3 is 2.81 bits per heavy atom. The van der Waals surface area contributed by atoms with Gasteiger partial charge in [-0.05, 0) is 31.4 Å². The lowest BCUT2D eigenvalue weighted by molar-refractivity contribution is 0.200. The maximum Gasteiger partial charge on any atom is 0.128 e. The average molecular weight is 284 g/mol. The van der Waals surface area contributed by atoms with Gasteiger partial charge < -0.3 is 14.6 Å². The molecule has 1 aliphatic rings. The lowest BCUT2D eigenvalue weighted by Crippen LogP contribution is -2.13. The molecule has 0 amide bonds. The Balaban J connectivity index is 2.01. The Bertz CT molecular complexity index is 622. The summed E-state index contributed by atoms with van der Waals surface area (Å²) in [7, 11) is 0. The molecule has 2 aromatic carbocycles. The molecule has 3 heteroatoms. The predicted octanol–water partition coefficient (Wildman–Crippen LogP) is 3.49. The molecular weight excluding hydrogens is 264 g/mol. The average Bonchev–Trinajstić information content (AvgIpc) is 2.54. The highest BCUT2D eigenvalue weighted by atomic mass is 16.5. The number of hydrogen-bond donors (Lipinski definition) is 1. The van der Waals surface area contributed by atoms with Gasteiger partial charge in [0.25, 0.3) is 0 Å². The summed E-state index contributed by atoms with van der Waals surface area (Å²) >= 11 is 0. The van der Waals surface area contributed by atoms with Gasteiger partial charge in [0.2, 0.25) is 0 Å². The highest BCUT2D eigenvalue weighted by molar-refractivity contribution is 5.49. The summed E-state index contributed by atoms with van der Waals surface area (Å²) < 4.78 is 11.4. The number of aryl methyl sites for hydroxylation is 1. The molecule has 0 aliphatic carbocycles. The Labute approximate surface area is 125 Å². The number of hydrogen-bond acceptors (Lipinski definition) is 3. The third-order valence-corrected chi connectivity index (χ3v) is 3.77. The van der Waals surface area contributed by atoms with Crippen LogP contribution in [0.5, 0.6) is 11.5 Å². The molecule has 0 bridgehead atoms. The quantitative estimate of drug-likeness (QED) is 0.934. The largest absolute Gasteiger partial charge is 0.493 e. The van der Waals surface area contributed by atoms with Crippen LogP contribution in [0.2, 0.25) is 0 Å². The van der Waals surface area contributed by atoms with Crippen LogP contribution in [0.15, 0.2) is 42.5 Å². The lowest BCUT2D eigenvalue weighted by Gasteiger charge is -2.23. The molecule has 3 nitrogen and oxygen atoms in total. The van der Waals surface area contributed by atoms with Crippen molar-refractivity contribution in [2.45, 2.75) is 25.9 Å². The van der Waals surface area contributed by atoms with Crippen LogP contribution >= 0.6 is 0 Å². The fraction of sp³-hybridized carbons (Fsp3) is 0.333. The second-order valence-electron chi connectivity index (χ2n) is 5.16. The van der Waals surface area contributed by atoms with Crippen LogP contribution in [0.1, 0.15) is 36.1 Å². The van der Waals surface area contributed by atoms with Gasteiger partial charge in [0.1, 0.15) is 17.6 Å². The number of benzene rings is 2. The highest BCUT2D eigenvalue weighted by Gasteiger charge is 2.22. The molecule has 110 valence electrons. The molecule has 0 saturated heterocycles. The third kappa shape index (κ3) is 2.74. The first-order valence-corrected chi connectivity index (χ1v) is 7.45. The second-order valence-corrected chi connectivity index (χ2v) is 5.16. The summed E-state index contributed by atoms with van der Waals surface area (Å²) in [6.07, 6.45) is 1.30. The minimum atomic E-state index is -0.735. The predicted molar refractivity (Wildman–Crippen MR) is 81.9 cm³/mol. The fourth-order valence-electron chi connectivity index (χ4n) is 2.79. The van der Waals surface area contributed by atoms with E-state index in [1.165, 1.54) is 5.56 Å². The van der Waals surface area contributed by atoms with E-state index in [1.807, 2.05) is 43.3 Å². The van der Waals surface area contributed by atoms with Crippen molar-refractivity contribution >= 4 is 0 Å². The maximum absolute atomic E-state index is 10.8. The van der Waals surface area contributed by atoms with Gasteiger partial charge in [-0.1, -0.05) is 36.4 Å². The molecule has 1 heterocycles. The molecule has 2 aromatic rings. The molecule has 1 unspecified atom stereocenters. The molecule has 1 atom stereocenters. The van der Waals surface area contributed by atoms with Crippen LogP contribution in [-0.2, 0) is 6.42 Å². The van der Waals surface area contributed by atoms with E-state index in [2.05, 4.69) is 6.07 Å². The summed E-state index contributed by atoms with van der Waals surface area (Å²) in [5.41, 5.74) is 2.77. The third-order valence-electron chi connectivity index (χ3n) is 3.77. The minimum absolute atomic E-state index is 0.577. The molecule has 1 aliphatic heterocycles. The van der Waals surface area contributed by atoms with E-state index in [1.54, 1.807) is 0 Å². The number of aliphatic hydroxyl groups excluding tert-OH is 1. The van der Waals surface area contributed by atoms with Crippen LogP contribution in [0, 0.1) is 0 Å². The Kier molecular flexibility index (Phi) is 4.11. The van der Waals surface area contributed by atoms with Crippen molar-refractivity contribution < 1.29 is 14.6 Å². The van der Waals surface area contributed by atoms with Crippen molar-refractivity contribution in [1.29, 1.82) is 0 Å². The van der Waals surface area contributed by atoms with Gasteiger partial charge in [0, 0.05) is 11.1 Å². The number of fused-ring (bicyclic) bond motifs is 1. The zero-order valence-corrected chi connectivity index (χ0v) is 12.2. The Morgan fingerprint density at radius 2 is 1.95 bits per heavy atom. The fourth-order valence-corrected chi connectivity index (χ4v) is 2.79. The van der Waals surface area contributed by atoms with Gasteiger partial charge in [-0.15, -0.1) is 0 Å². The lowest BCUT2D eigenvalue weighted by atomic mass is 9.95. The van der Waals surface area contributed by atoms with E-state index < -0.39 is 6.10 Å². The van der Waals surface area contributed by atoms with Gasteiger partial charge in [-0.2, -0.15) is 0 Å². The van der Waals surface area contributed by atoms with Gasteiger partial charge in [0.05, 0.1) is 13.2 Å². The van der Waals surface area contributed by atoms with Crippen molar-refractivity contribution in [3.63, 3.8) is 0 Å². The number of aliphatic hydroxyl groups is 1. The molecule has 3 rings (SSSR count). The van der Waals surface area contributed by atoms with Crippen molar-refractivity contribution in [3.05, 3.63) is 59.2 Å². The van der Waals surface area contributed by atoms with Crippen LogP contribution in [-0.4, -0.2) is 18.3 Å². The van der Waals surface area contributed by atoms with E-state index in [0.29, 0.717) is 13.2 Å². The zero-order chi connectivity index (χ0) is 14.7. The van der Waals surface area contributed by atoms with Crippen molar-refractivity contribution in [2.75, 3.05) is 13.2 Å². The molecule has 0 fully saturated rings. The van der Waals surface area contributed by atoms with Crippen molar-refractivity contribution in [2.24, 2.45) is 0 Å². The number of para-hydroxylation sites is 2. The van der Waals surface area contributed by atoms with Gasteiger partial charge >= 0.3 is 0 Å². The number of rotatable bonds is 4. The Morgan fingerprint density at radius 1 is 1.14 bits per heavy atom. The summed E-state index contributed by atoms with van der Waals surface area (Å²) in [6.45, 7) is 3.23. The highest BCUT2D eigenvalue weighted by Crippen LogP contribution is 2.38. The molecular formula is C18H20O3. The first-order valence-electron chi connectivity index (χ1n) is 7.45. The topological polar surface area (TPSA) is 38.7 Å². The van der Waals surface area contributed by atoms with Crippen molar-refractivity contribution in [3.8, 4) is 11.5 Å². The first kappa shape index (κ1) is 14.0. The normalized spacial score (nSPS) is 15.0. The van der Waals surface area contributed by atoms with Crippen LogP contribution in [0.3, 0.4) is 0 Å². The molecule has 0 radical (unpaired) electrons. The smallest absolute Gasteiger partial charge is 0.128 e. The summed E-state index contributed by atoms with van der Waals surface area (Å²) in [5.74, 6) is 1.56. The SMILES string of the molecule is CCOc1ccccc1C(O)c1cccc2c1OCCC2. The first-order chi connectivity index (χ1) is 10.3. The van der Waals surface area contributed by atoms with E-state index in [0.717, 1.165) is 35.5 Å². The molecule has 0 aromatic heterocycles. The van der Waals surface area contributed by atoms with E-state index >= 15 is 0 Å². The van der Waals surface area contributed by atoms with E-state index in [-0.39, 0.29) is 0 Å². The van der Waals surface area contributed by atoms with Gasteiger partial charge in [0.15, 0.2) is 0 Å². The maximum atomic E-state index is 10.8. The molecule has 21 heavy (non-hydrogen) atoms. The second kappa shape index (κ2) is 6.19. The van der Waals surface area contributed by atoms with Crippen LogP contribution in [0.4, 0.5) is 0 Å². The van der Waals surface area contributed by atoms with Crippen molar-refractivity contribution in [1.82, 2.24) is 0 Å². The van der Waals surface area contributed by atoms with E-state index in [4.69, 9.17) is 9.47 Å². The molecule has 0 spiro atoms. The summed E-state index contributed by atoms with van der Waals surface area (Å²) in [4.78, 5) is 0. The van der Waals surface area contributed by atoms with Crippen LogP contribution < -0.4 is 9.47 Å².